The number of methoxy groups -OCH3 is 3. The molecule has 0 spiro atoms. The lowest BCUT2D eigenvalue weighted by Crippen LogP contribution is -2.33. The molecule has 0 fully saturated rings. The monoisotopic (exact) mass is 432 g/mol. The van der Waals surface area contributed by atoms with E-state index in [-0.39, 0.29) is 11.8 Å². The Balaban J connectivity index is 1.64. The number of phenols is 1. The van der Waals surface area contributed by atoms with Gasteiger partial charge in [-0.25, -0.2) is 5.01 Å². The average Bonchev–Trinajstić information content (AvgIpc) is 3.28. The van der Waals surface area contributed by atoms with Crippen molar-refractivity contribution in [2.75, 3.05) is 21.3 Å². The number of hydrogen-bond donors (Lipinski definition) is 1. The van der Waals surface area contributed by atoms with Gasteiger partial charge in [-0.3, -0.25) is 0 Å². The second kappa shape index (κ2) is 8.00. The van der Waals surface area contributed by atoms with Crippen LogP contribution < -0.4 is 18.9 Å². The second-order valence-corrected chi connectivity index (χ2v) is 7.63. The number of para-hydroxylation sites is 2. The summed E-state index contributed by atoms with van der Waals surface area (Å²) in [6, 6.07) is 18.8. The highest BCUT2D eigenvalue weighted by atomic mass is 16.5. The average molecular weight is 432 g/mol. The normalized spacial score (nSPS) is 18.8. The maximum atomic E-state index is 10.4. The molecule has 5 rings (SSSR count). The molecule has 1 N–H and O–H groups in total. The number of fused-ring (bicyclic) bond motifs is 3. The van der Waals surface area contributed by atoms with Crippen LogP contribution in [0.3, 0.4) is 0 Å². The van der Waals surface area contributed by atoms with Gasteiger partial charge < -0.3 is 24.1 Å². The van der Waals surface area contributed by atoms with Gasteiger partial charge >= 0.3 is 0 Å². The van der Waals surface area contributed by atoms with Crippen molar-refractivity contribution in [2.45, 2.75) is 18.7 Å². The van der Waals surface area contributed by atoms with Crippen LogP contribution in [0.15, 0.2) is 65.8 Å². The van der Waals surface area contributed by atoms with Crippen LogP contribution in [0.4, 0.5) is 0 Å². The predicted octanol–water partition coefficient (Wildman–Crippen LogP) is 4.66. The van der Waals surface area contributed by atoms with Gasteiger partial charge in [0.25, 0.3) is 0 Å². The standard InChI is InChI=1S/C25H24N2O5/c1-29-21-12-11-15(13-23(21)31-3)25-27-19(17-8-6-10-22(30-2)24(17)32-25)14-18(26-27)16-7-4-5-9-20(16)28/h4-13,19,25,28H,14H2,1-3H3/t19-,25-/m1/s1. The summed E-state index contributed by atoms with van der Waals surface area (Å²) in [5.74, 6) is 2.83. The molecule has 0 saturated carbocycles. The fraction of sp³-hybridized carbons (Fsp3) is 0.240. The summed E-state index contributed by atoms with van der Waals surface area (Å²) in [4.78, 5) is 0. The van der Waals surface area contributed by atoms with Gasteiger partial charge in [-0.2, -0.15) is 5.10 Å². The second-order valence-electron chi connectivity index (χ2n) is 7.63. The van der Waals surface area contributed by atoms with Crippen LogP contribution in [-0.4, -0.2) is 37.2 Å². The molecule has 3 aromatic rings. The Morgan fingerprint density at radius 1 is 0.906 bits per heavy atom. The van der Waals surface area contributed by atoms with Crippen molar-refractivity contribution < 1.29 is 24.1 Å². The molecule has 0 radical (unpaired) electrons. The summed E-state index contributed by atoms with van der Waals surface area (Å²) in [5.41, 5.74) is 3.39. The predicted molar refractivity (Wildman–Crippen MR) is 120 cm³/mol. The van der Waals surface area contributed by atoms with Gasteiger partial charge in [0.05, 0.1) is 33.1 Å². The van der Waals surface area contributed by atoms with E-state index < -0.39 is 6.23 Å². The van der Waals surface area contributed by atoms with Crippen molar-refractivity contribution >= 4 is 5.71 Å². The maximum Gasteiger partial charge on any atom is 0.214 e. The number of phenolic OH excluding ortho intramolecular Hbond substituents is 1. The molecule has 0 saturated heterocycles. The first kappa shape index (κ1) is 20.1. The molecule has 3 aromatic carbocycles. The maximum absolute atomic E-state index is 10.4. The molecule has 164 valence electrons. The molecular weight excluding hydrogens is 408 g/mol. The van der Waals surface area contributed by atoms with Crippen molar-refractivity contribution in [1.29, 1.82) is 0 Å². The van der Waals surface area contributed by atoms with Crippen LogP contribution in [0.2, 0.25) is 0 Å². The quantitative estimate of drug-likeness (QED) is 0.632. The fourth-order valence-corrected chi connectivity index (χ4v) is 4.35. The first-order chi connectivity index (χ1) is 15.6. The third-order valence-electron chi connectivity index (χ3n) is 5.91. The number of benzene rings is 3. The smallest absolute Gasteiger partial charge is 0.214 e. The fourth-order valence-electron chi connectivity index (χ4n) is 4.35. The van der Waals surface area contributed by atoms with Gasteiger partial charge in [0.1, 0.15) is 5.75 Å². The summed E-state index contributed by atoms with van der Waals surface area (Å²) in [6.07, 6.45) is 0.122. The number of hydrazone groups is 1. The zero-order valence-corrected chi connectivity index (χ0v) is 18.1. The molecular formula is C25H24N2O5. The summed E-state index contributed by atoms with van der Waals surface area (Å²) in [6.45, 7) is 0. The van der Waals surface area contributed by atoms with Gasteiger partial charge in [-0.05, 0) is 36.4 Å². The molecule has 0 amide bonds. The van der Waals surface area contributed by atoms with E-state index in [1.54, 1.807) is 33.5 Å². The topological polar surface area (TPSA) is 72.8 Å². The SMILES string of the molecule is COc1ccc([C@H]2Oc3c(OC)cccc3[C@H]3CC(c4ccccc4O)=NN32)cc1OC. The van der Waals surface area contributed by atoms with E-state index in [4.69, 9.17) is 24.0 Å². The Kier molecular flexibility index (Phi) is 5.01. The zero-order valence-electron chi connectivity index (χ0n) is 18.1. The van der Waals surface area contributed by atoms with E-state index in [1.165, 1.54) is 0 Å². The molecule has 0 aromatic heterocycles. The van der Waals surface area contributed by atoms with Crippen molar-refractivity contribution in [3.8, 4) is 28.7 Å². The minimum atomic E-state index is -0.507. The third kappa shape index (κ3) is 3.17. The van der Waals surface area contributed by atoms with Gasteiger partial charge in [0, 0.05) is 23.1 Å². The highest BCUT2D eigenvalue weighted by Crippen LogP contribution is 2.51. The van der Waals surface area contributed by atoms with E-state index in [0.29, 0.717) is 29.4 Å². The summed E-state index contributed by atoms with van der Waals surface area (Å²) < 4.78 is 23.0. The third-order valence-corrected chi connectivity index (χ3v) is 5.91. The van der Waals surface area contributed by atoms with Crippen LogP contribution in [0, 0.1) is 0 Å². The van der Waals surface area contributed by atoms with Crippen LogP contribution in [0.1, 0.15) is 35.4 Å². The lowest BCUT2D eigenvalue weighted by atomic mass is 9.95. The summed E-state index contributed by atoms with van der Waals surface area (Å²) in [7, 11) is 4.85. The molecule has 7 nitrogen and oxygen atoms in total. The number of ether oxygens (including phenoxy) is 4. The zero-order chi connectivity index (χ0) is 22.2. The summed E-state index contributed by atoms with van der Waals surface area (Å²) in [5, 5.41) is 17.3. The molecule has 7 heteroatoms. The van der Waals surface area contributed by atoms with Crippen molar-refractivity contribution in [3.63, 3.8) is 0 Å². The van der Waals surface area contributed by atoms with Crippen LogP contribution in [0.5, 0.6) is 28.7 Å². The highest BCUT2D eigenvalue weighted by Gasteiger charge is 2.42. The molecule has 0 aliphatic carbocycles. The number of nitrogens with zero attached hydrogens (tertiary/aromatic N) is 2. The van der Waals surface area contributed by atoms with Gasteiger partial charge in [-0.1, -0.05) is 24.3 Å². The Hall–Kier alpha value is -3.87. The first-order valence-corrected chi connectivity index (χ1v) is 10.3. The first-order valence-electron chi connectivity index (χ1n) is 10.3. The largest absolute Gasteiger partial charge is 0.507 e. The number of aromatic hydroxyl groups is 1. The minimum Gasteiger partial charge on any atom is -0.507 e. The Labute approximate surface area is 186 Å². The number of hydrogen-bond acceptors (Lipinski definition) is 7. The van der Waals surface area contributed by atoms with Crippen LogP contribution >= 0.6 is 0 Å². The van der Waals surface area contributed by atoms with Crippen LogP contribution in [-0.2, 0) is 0 Å². The Bertz CT molecular complexity index is 1190. The van der Waals surface area contributed by atoms with E-state index in [9.17, 15) is 5.11 Å². The van der Waals surface area contributed by atoms with E-state index in [1.807, 2.05) is 53.5 Å². The molecule has 2 aliphatic heterocycles. The molecule has 2 atom stereocenters. The van der Waals surface area contributed by atoms with E-state index in [2.05, 4.69) is 0 Å². The minimum absolute atomic E-state index is 0.0680. The van der Waals surface area contributed by atoms with Gasteiger partial charge in [0.15, 0.2) is 23.0 Å². The van der Waals surface area contributed by atoms with E-state index in [0.717, 1.165) is 22.4 Å². The number of rotatable bonds is 5. The molecule has 0 bridgehead atoms. The lowest BCUT2D eigenvalue weighted by molar-refractivity contribution is -0.0210. The molecule has 32 heavy (non-hydrogen) atoms. The summed E-state index contributed by atoms with van der Waals surface area (Å²) >= 11 is 0. The lowest BCUT2D eigenvalue weighted by Gasteiger charge is -2.38. The molecule has 2 heterocycles. The van der Waals surface area contributed by atoms with Crippen LogP contribution in [0.25, 0.3) is 0 Å². The van der Waals surface area contributed by atoms with Crippen molar-refractivity contribution in [3.05, 3.63) is 77.4 Å². The molecule has 2 aliphatic rings. The van der Waals surface area contributed by atoms with E-state index >= 15 is 0 Å². The van der Waals surface area contributed by atoms with Gasteiger partial charge in [-0.15, -0.1) is 0 Å². The molecule has 0 unspecified atom stereocenters. The Morgan fingerprint density at radius 2 is 1.69 bits per heavy atom. The van der Waals surface area contributed by atoms with Gasteiger partial charge in [0.2, 0.25) is 6.23 Å². The highest BCUT2D eigenvalue weighted by molar-refractivity contribution is 6.04. The Morgan fingerprint density at radius 3 is 2.44 bits per heavy atom. The van der Waals surface area contributed by atoms with Crippen molar-refractivity contribution in [1.82, 2.24) is 5.01 Å². The van der Waals surface area contributed by atoms with Crippen molar-refractivity contribution in [2.24, 2.45) is 5.10 Å².